The third-order valence-corrected chi connectivity index (χ3v) is 5.31. The molecule has 0 saturated carbocycles. The molecule has 0 unspecified atom stereocenters. The maximum absolute atomic E-state index is 13.1. The molecule has 0 saturated heterocycles. The molecule has 3 aromatic rings. The first kappa shape index (κ1) is 20.4. The maximum atomic E-state index is 13.1. The van der Waals surface area contributed by atoms with Gasteiger partial charge >= 0.3 is 0 Å². The average molecular weight is 444 g/mol. The Bertz CT molecular complexity index is 928. The Morgan fingerprint density at radius 2 is 1.71 bits per heavy atom. The Morgan fingerprint density at radius 1 is 0.964 bits per heavy atom. The van der Waals surface area contributed by atoms with Crippen LogP contribution in [0.2, 0.25) is 0 Å². The molecule has 0 aliphatic rings. The highest BCUT2D eigenvalue weighted by molar-refractivity contribution is 9.10. The van der Waals surface area contributed by atoms with E-state index < -0.39 is 0 Å². The number of hydrogen-bond acceptors (Lipinski definition) is 3. The van der Waals surface area contributed by atoms with Crippen molar-refractivity contribution in [3.8, 4) is 11.5 Å². The summed E-state index contributed by atoms with van der Waals surface area (Å²) in [6, 6.07) is 18.5. The molecule has 3 aromatic carbocycles. The predicted octanol–water partition coefficient (Wildman–Crippen LogP) is 5.77. The van der Waals surface area contributed by atoms with Gasteiger partial charge in [0, 0.05) is 23.1 Å². The molecule has 1 N–H and O–H groups in total. The normalized spacial score (nSPS) is 10.7. The molecule has 0 fully saturated rings. The zero-order valence-electron chi connectivity index (χ0n) is 16.0. The van der Waals surface area contributed by atoms with Gasteiger partial charge in [-0.2, -0.15) is 0 Å². The Labute approximate surface area is 173 Å². The van der Waals surface area contributed by atoms with Gasteiger partial charge < -0.3 is 14.8 Å². The fourth-order valence-corrected chi connectivity index (χ4v) is 3.37. The van der Waals surface area contributed by atoms with Crippen molar-refractivity contribution < 1.29 is 13.9 Å². The number of aryl methyl sites for hydroxylation is 1. The average Bonchev–Trinajstić information content (AvgIpc) is 2.70. The summed E-state index contributed by atoms with van der Waals surface area (Å²) < 4.78 is 25.7. The minimum atomic E-state index is -0.230. The van der Waals surface area contributed by atoms with Crippen LogP contribution in [-0.4, -0.2) is 7.11 Å². The van der Waals surface area contributed by atoms with E-state index >= 15 is 0 Å². The summed E-state index contributed by atoms with van der Waals surface area (Å²) in [5.74, 6) is 1.17. The minimum absolute atomic E-state index is 0.230. The molecule has 0 bridgehead atoms. The molecule has 5 heteroatoms. The van der Waals surface area contributed by atoms with E-state index in [4.69, 9.17) is 9.47 Å². The molecule has 0 aromatic heterocycles. The van der Waals surface area contributed by atoms with Crippen molar-refractivity contribution in [2.24, 2.45) is 0 Å². The van der Waals surface area contributed by atoms with Gasteiger partial charge in [0.15, 0.2) is 11.5 Å². The zero-order valence-corrected chi connectivity index (χ0v) is 17.6. The highest BCUT2D eigenvalue weighted by Crippen LogP contribution is 2.37. The van der Waals surface area contributed by atoms with E-state index in [-0.39, 0.29) is 5.82 Å². The van der Waals surface area contributed by atoms with Crippen LogP contribution in [0.25, 0.3) is 0 Å². The van der Waals surface area contributed by atoms with E-state index in [1.165, 1.54) is 17.7 Å². The molecule has 0 aliphatic carbocycles. The summed E-state index contributed by atoms with van der Waals surface area (Å²) in [4.78, 5) is 0. The summed E-state index contributed by atoms with van der Waals surface area (Å²) in [5, 5.41) is 3.39. The highest BCUT2D eigenvalue weighted by Gasteiger charge is 2.15. The molecule has 0 spiro atoms. The van der Waals surface area contributed by atoms with Gasteiger partial charge in [-0.25, -0.2) is 4.39 Å². The second kappa shape index (κ2) is 9.71. The number of nitrogens with one attached hydrogen (secondary N) is 1. The van der Waals surface area contributed by atoms with Crippen LogP contribution in [0.15, 0.2) is 65.1 Å². The van der Waals surface area contributed by atoms with Gasteiger partial charge in [0.2, 0.25) is 0 Å². The van der Waals surface area contributed by atoms with Crippen molar-refractivity contribution >= 4 is 15.9 Å². The standard InChI is InChI=1S/C23H23BrFNO2/c1-16-5-3-4-6-18(16)15-28-23-20(21(24)11-12-22(23)27-2)14-26-13-17-7-9-19(25)10-8-17/h3-12,26H,13-15H2,1-2H3. The molecule has 3 nitrogen and oxygen atoms in total. The quantitative estimate of drug-likeness (QED) is 0.478. The van der Waals surface area contributed by atoms with Crippen molar-refractivity contribution in [2.75, 3.05) is 7.11 Å². The number of ether oxygens (including phenoxy) is 2. The van der Waals surface area contributed by atoms with Crippen molar-refractivity contribution in [1.82, 2.24) is 5.32 Å². The van der Waals surface area contributed by atoms with Crippen molar-refractivity contribution in [3.05, 3.63) is 93.2 Å². The lowest BCUT2D eigenvalue weighted by Crippen LogP contribution is -2.14. The first-order chi connectivity index (χ1) is 13.6. The molecular formula is C23H23BrFNO2. The Morgan fingerprint density at radius 3 is 2.43 bits per heavy atom. The van der Waals surface area contributed by atoms with Crippen molar-refractivity contribution in [1.29, 1.82) is 0 Å². The van der Waals surface area contributed by atoms with E-state index in [1.807, 2.05) is 24.3 Å². The lowest BCUT2D eigenvalue weighted by molar-refractivity contribution is 0.279. The predicted molar refractivity (Wildman–Crippen MR) is 113 cm³/mol. The molecule has 0 radical (unpaired) electrons. The number of benzene rings is 3. The summed E-state index contributed by atoms with van der Waals surface area (Å²) in [7, 11) is 1.64. The van der Waals surface area contributed by atoms with Crippen LogP contribution < -0.4 is 14.8 Å². The smallest absolute Gasteiger partial charge is 0.167 e. The van der Waals surface area contributed by atoms with Gasteiger partial charge in [-0.3, -0.25) is 0 Å². The van der Waals surface area contributed by atoms with Crippen LogP contribution in [0.3, 0.4) is 0 Å². The molecule has 0 atom stereocenters. The maximum Gasteiger partial charge on any atom is 0.167 e. The molecule has 0 aliphatic heterocycles. The van der Waals surface area contributed by atoms with Gasteiger partial charge in [0.05, 0.1) is 7.11 Å². The highest BCUT2D eigenvalue weighted by atomic mass is 79.9. The van der Waals surface area contributed by atoms with Crippen LogP contribution in [0.4, 0.5) is 4.39 Å². The van der Waals surface area contributed by atoms with Gasteiger partial charge in [-0.1, -0.05) is 52.3 Å². The first-order valence-corrected chi connectivity index (χ1v) is 9.85. The lowest BCUT2D eigenvalue weighted by Gasteiger charge is -2.18. The second-order valence-corrected chi connectivity index (χ2v) is 7.36. The zero-order chi connectivity index (χ0) is 19.9. The number of rotatable bonds is 8. The van der Waals surface area contributed by atoms with Crippen LogP contribution >= 0.6 is 15.9 Å². The lowest BCUT2D eigenvalue weighted by atomic mass is 10.1. The Balaban J connectivity index is 1.75. The van der Waals surface area contributed by atoms with Crippen molar-refractivity contribution in [2.45, 2.75) is 26.6 Å². The molecule has 28 heavy (non-hydrogen) atoms. The molecule has 0 heterocycles. The third kappa shape index (κ3) is 5.12. The van der Waals surface area contributed by atoms with E-state index in [2.05, 4.69) is 40.3 Å². The van der Waals surface area contributed by atoms with Crippen LogP contribution in [-0.2, 0) is 19.7 Å². The van der Waals surface area contributed by atoms with Crippen LogP contribution in [0.5, 0.6) is 11.5 Å². The second-order valence-electron chi connectivity index (χ2n) is 6.50. The molecule has 3 rings (SSSR count). The van der Waals surface area contributed by atoms with Gasteiger partial charge in [-0.15, -0.1) is 0 Å². The van der Waals surface area contributed by atoms with E-state index in [0.717, 1.165) is 21.2 Å². The summed E-state index contributed by atoms with van der Waals surface area (Å²) in [5.41, 5.74) is 4.32. The van der Waals surface area contributed by atoms with Gasteiger partial charge in [0.1, 0.15) is 12.4 Å². The number of methoxy groups -OCH3 is 1. The van der Waals surface area contributed by atoms with Crippen LogP contribution in [0, 0.1) is 12.7 Å². The van der Waals surface area contributed by atoms with E-state index in [9.17, 15) is 4.39 Å². The molecule has 146 valence electrons. The molecule has 0 amide bonds. The fourth-order valence-electron chi connectivity index (χ4n) is 2.92. The molecular weight excluding hydrogens is 421 g/mol. The monoisotopic (exact) mass is 443 g/mol. The van der Waals surface area contributed by atoms with Crippen molar-refractivity contribution in [3.63, 3.8) is 0 Å². The minimum Gasteiger partial charge on any atom is -0.493 e. The third-order valence-electron chi connectivity index (χ3n) is 4.56. The number of halogens is 2. The topological polar surface area (TPSA) is 30.5 Å². The summed E-state index contributed by atoms with van der Waals surface area (Å²) >= 11 is 3.62. The van der Waals surface area contributed by atoms with Gasteiger partial charge in [-0.05, 0) is 47.9 Å². The summed E-state index contributed by atoms with van der Waals surface area (Å²) in [6.45, 7) is 3.74. The Hall–Kier alpha value is -2.37. The van der Waals surface area contributed by atoms with Crippen LogP contribution in [0.1, 0.15) is 22.3 Å². The van der Waals surface area contributed by atoms with E-state index in [1.54, 1.807) is 19.2 Å². The number of hydrogen-bond donors (Lipinski definition) is 1. The van der Waals surface area contributed by atoms with Gasteiger partial charge in [0.25, 0.3) is 0 Å². The summed E-state index contributed by atoms with van der Waals surface area (Å²) in [6.07, 6.45) is 0. The Kier molecular flexibility index (Phi) is 7.06. The first-order valence-electron chi connectivity index (χ1n) is 9.06. The SMILES string of the molecule is COc1ccc(Br)c(CNCc2ccc(F)cc2)c1OCc1ccccc1C. The fraction of sp³-hybridized carbons (Fsp3) is 0.217. The van der Waals surface area contributed by atoms with E-state index in [0.29, 0.717) is 31.2 Å². The largest absolute Gasteiger partial charge is 0.493 e.